The molecule has 1 aliphatic heterocycles. The minimum atomic E-state index is -0.636. The fourth-order valence-electron chi connectivity index (χ4n) is 2.49. The molecule has 1 aliphatic rings. The molecule has 0 radical (unpaired) electrons. The van der Waals surface area contributed by atoms with E-state index >= 15 is 0 Å². The first-order chi connectivity index (χ1) is 10.7. The summed E-state index contributed by atoms with van der Waals surface area (Å²) in [5.74, 6) is -0.189. The fourth-order valence-corrected chi connectivity index (χ4v) is 2.49. The number of furan rings is 1. The summed E-state index contributed by atoms with van der Waals surface area (Å²) in [6, 6.07) is 6.46. The van der Waals surface area contributed by atoms with Crippen molar-refractivity contribution < 1.29 is 13.2 Å². The van der Waals surface area contributed by atoms with Crippen molar-refractivity contribution in [1.82, 2.24) is 14.8 Å². The third-order valence-corrected chi connectivity index (χ3v) is 3.42. The molecule has 3 aromatic rings. The van der Waals surface area contributed by atoms with Crippen LogP contribution in [-0.2, 0) is 0 Å². The number of hydrogen-bond acceptors (Lipinski definition) is 4. The highest BCUT2D eigenvalue weighted by atomic mass is 19.1. The Morgan fingerprint density at radius 3 is 2.73 bits per heavy atom. The number of aromatic nitrogens is 3. The molecule has 0 aliphatic carbocycles. The van der Waals surface area contributed by atoms with E-state index in [1.54, 1.807) is 29.2 Å². The van der Waals surface area contributed by atoms with Gasteiger partial charge in [-0.25, -0.2) is 13.5 Å². The second-order valence-electron chi connectivity index (χ2n) is 4.86. The lowest BCUT2D eigenvalue weighted by Crippen LogP contribution is -2.20. The Morgan fingerprint density at radius 1 is 1.18 bits per heavy atom. The topological polar surface area (TPSA) is 55.9 Å². The number of nitrogens with zero attached hydrogens (tertiary/aromatic N) is 3. The first-order valence-corrected chi connectivity index (χ1v) is 6.59. The van der Waals surface area contributed by atoms with Crippen LogP contribution in [-0.4, -0.2) is 14.8 Å². The zero-order valence-corrected chi connectivity index (χ0v) is 11.2. The monoisotopic (exact) mass is 300 g/mol. The lowest BCUT2D eigenvalue weighted by atomic mass is 10.0. The van der Waals surface area contributed by atoms with E-state index in [0.29, 0.717) is 23.0 Å². The smallest absolute Gasteiger partial charge is 0.226 e. The quantitative estimate of drug-likeness (QED) is 0.789. The van der Waals surface area contributed by atoms with Crippen molar-refractivity contribution in [2.75, 3.05) is 5.32 Å². The maximum Gasteiger partial charge on any atom is 0.226 e. The molecular weight excluding hydrogens is 290 g/mol. The summed E-state index contributed by atoms with van der Waals surface area (Å²) in [5, 5.41) is 7.19. The summed E-state index contributed by atoms with van der Waals surface area (Å²) in [5.41, 5.74) is 1.11. The maximum atomic E-state index is 13.5. The van der Waals surface area contributed by atoms with Crippen LogP contribution in [0.15, 0.2) is 53.4 Å². The Labute approximate surface area is 123 Å². The van der Waals surface area contributed by atoms with E-state index < -0.39 is 17.7 Å². The van der Waals surface area contributed by atoms with Crippen molar-refractivity contribution in [3.63, 3.8) is 0 Å². The first-order valence-electron chi connectivity index (χ1n) is 6.59. The molecule has 0 unspecified atom stereocenters. The number of anilines is 1. The van der Waals surface area contributed by atoms with Crippen LogP contribution in [0.5, 0.6) is 0 Å². The lowest BCUT2D eigenvalue weighted by Gasteiger charge is -2.23. The van der Waals surface area contributed by atoms with E-state index in [1.165, 1.54) is 18.5 Å². The zero-order chi connectivity index (χ0) is 15.1. The van der Waals surface area contributed by atoms with E-state index in [4.69, 9.17) is 4.42 Å². The number of nitrogens with one attached hydrogen (secondary N) is 1. The molecule has 1 atom stereocenters. The Balaban J connectivity index is 1.86. The Bertz CT molecular complexity index is 834. The van der Waals surface area contributed by atoms with Gasteiger partial charge >= 0.3 is 0 Å². The van der Waals surface area contributed by atoms with Crippen LogP contribution in [0.2, 0.25) is 0 Å². The average molecular weight is 300 g/mol. The summed E-state index contributed by atoms with van der Waals surface area (Å²) in [6.07, 6.45) is 4.71. The molecule has 0 fully saturated rings. The van der Waals surface area contributed by atoms with Crippen LogP contribution in [0, 0.1) is 11.6 Å². The molecular formula is C15H10F2N4O. The first kappa shape index (κ1) is 12.8. The molecule has 110 valence electrons. The second-order valence-corrected chi connectivity index (χ2v) is 4.86. The van der Waals surface area contributed by atoms with Gasteiger partial charge in [-0.15, -0.1) is 0 Å². The molecule has 1 aromatic carbocycles. The van der Waals surface area contributed by atoms with Crippen molar-refractivity contribution >= 4 is 11.6 Å². The van der Waals surface area contributed by atoms with Gasteiger partial charge in [0.15, 0.2) is 0 Å². The standard InChI is InChI=1S/C15H10F2N4O/c16-10-4-9(5-11(17)6-10)13-7-12(14-2-1-3-22-14)20-15-18-8-19-21(13)15/h1-8,13H,(H,18,19,20)/t13-/m0/s1. The highest BCUT2D eigenvalue weighted by Crippen LogP contribution is 2.32. The second kappa shape index (κ2) is 4.80. The van der Waals surface area contributed by atoms with Crippen molar-refractivity contribution in [2.45, 2.75) is 6.04 Å². The predicted octanol–water partition coefficient (Wildman–Crippen LogP) is 3.21. The molecule has 3 heterocycles. The maximum absolute atomic E-state index is 13.5. The number of benzene rings is 1. The van der Waals surface area contributed by atoms with Gasteiger partial charge in [0.2, 0.25) is 5.95 Å². The van der Waals surface area contributed by atoms with Crippen molar-refractivity contribution in [3.8, 4) is 0 Å². The van der Waals surface area contributed by atoms with Crippen LogP contribution in [0.3, 0.4) is 0 Å². The molecule has 2 aromatic heterocycles. The van der Waals surface area contributed by atoms with Crippen LogP contribution in [0.25, 0.3) is 5.70 Å². The minimum absolute atomic E-state index is 0.440. The van der Waals surface area contributed by atoms with E-state index in [0.717, 1.165) is 6.07 Å². The van der Waals surface area contributed by atoms with Gasteiger partial charge < -0.3 is 9.73 Å². The molecule has 5 nitrogen and oxygen atoms in total. The summed E-state index contributed by atoms with van der Waals surface area (Å²) < 4.78 is 33.9. The number of rotatable bonds is 2. The molecule has 7 heteroatoms. The Hall–Kier alpha value is -2.96. The van der Waals surface area contributed by atoms with E-state index in [9.17, 15) is 8.78 Å². The van der Waals surface area contributed by atoms with Crippen LogP contribution < -0.4 is 5.32 Å². The third kappa shape index (κ3) is 2.07. The van der Waals surface area contributed by atoms with Crippen molar-refractivity contribution in [1.29, 1.82) is 0 Å². The molecule has 1 N–H and O–H groups in total. The predicted molar refractivity (Wildman–Crippen MR) is 74.8 cm³/mol. The van der Waals surface area contributed by atoms with Gasteiger partial charge in [-0.3, -0.25) is 0 Å². The molecule has 0 saturated heterocycles. The van der Waals surface area contributed by atoms with Gasteiger partial charge in [-0.2, -0.15) is 10.1 Å². The SMILES string of the molecule is Fc1cc(F)cc([C@@H]2C=C(c3ccco3)Nc3ncnn32)c1. The van der Waals surface area contributed by atoms with Gasteiger partial charge in [0.05, 0.1) is 12.0 Å². The molecule has 0 amide bonds. The average Bonchev–Trinajstić information content (AvgIpc) is 3.16. The zero-order valence-electron chi connectivity index (χ0n) is 11.2. The third-order valence-electron chi connectivity index (χ3n) is 3.42. The van der Waals surface area contributed by atoms with Crippen LogP contribution in [0.4, 0.5) is 14.7 Å². The van der Waals surface area contributed by atoms with Gasteiger partial charge in [0, 0.05) is 6.07 Å². The number of fused-ring (bicyclic) bond motifs is 1. The van der Waals surface area contributed by atoms with E-state index in [-0.39, 0.29) is 0 Å². The summed E-state index contributed by atoms with van der Waals surface area (Å²) in [4.78, 5) is 4.11. The highest BCUT2D eigenvalue weighted by Gasteiger charge is 2.25. The molecule has 22 heavy (non-hydrogen) atoms. The van der Waals surface area contributed by atoms with Gasteiger partial charge in [0.25, 0.3) is 0 Å². The number of halogens is 2. The lowest BCUT2D eigenvalue weighted by molar-refractivity contribution is 0.544. The number of allylic oxidation sites excluding steroid dienone is 1. The summed E-state index contributed by atoms with van der Waals surface area (Å²) >= 11 is 0. The molecule has 4 rings (SSSR count). The van der Waals surface area contributed by atoms with Crippen LogP contribution in [0.1, 0.15) is 17.4 Å². The molecule has 0 spiro atoms. The Kier molecular flexibility index (Phi) is 2.78. The van der Waals surface area contributed by atoms with Gasteiger partial charge in [0.1, 0.15) is 29.8 Å². The largest absolute Gasteiger partial charge is 0.463 e. The summed E-state index contributed by atoms with van der Waals surface area (Å²) in [6.45, 7) is 0. The summed E-state index contributed by atoms with van der Waals surface area (Å²) in [7, 11) is 0. The normalized spacial score (nSPS) is 16.8. The van der Waals surface area contributed by atoms with Crippen LogP contribution >= 0.6 is 0 Å². The van der Waals surface area contributed by atoms with Gasteiger partial charge in [-0.05, 0) is 35.9 Å². The molecule has 0 bridgehead atoms. The van der Waals surface area contributed by atoms with E-state index in [2.05, 4.69) is 15.4 Å². The fraction of sp³-hybridized carbons (Fsp3) is 0.0667. The van der Waals surface area contributed by atoms with Crippen molar-refractivity contribution in [2.24, 2.45) is 0 Å². The highest BCUT2D eigenvalue weighted by molar-refractivity contribution is 5.74. The van der Waals surface area contributed by atoms with E-state index in [1.807, 2.05) is 0 Å². The Morgan fingerprint density at radius 2 is 2.00 bits per heavy atom. The minimum Gasteiger partial charge on any atom is -0.463 e. The van der Waals surface area contributed by atoms with Gasteiger partial charge in [-0.1, -0.05) is 0 Å². The molecule has 0 saturated carbocycles. The van der Waals surface area contributed by atoms with Crippen molar-refractivity contribution in [3.05, 3.63) is 72.0 Å². The number of hydrogen-bond donors (Lipinski definition) is 1.